The van der Waals surface area contributed by atoms with Crippen molar-refractivity contribution in [3.05, 3.63) is 24.1 Å². The van der Waals surface area contributed by atoms with Crippen molar-refractivity contribution in [3.8, 4) is 0 Å². The molecular formula is C13H18FNO. The molecule has 2 nitrogen and oxygen atoms in total. The first-order chi connectivity index (χ1) is 7.59. The molecule has 0 saturated carbocycles. The van der Waals surface area contributed by atoms with Gasteiger partial charge in [0.05, 0.1) is 0 Å². The van der Waals surface area contributed by atoms with E-state index in [-0.39, 0.29) is 23.7 Å². The van der Waals surface area contributed by atoms with Crippen LogP contribution in [0.3, 0.4) is 0 Å². The maximum absolute atomic E-state index is 12.9. The van der Waals surface area contributed by atoms with Gasteiger partial charge in [-0.1, -0.05) is 13.0 Å². The molecule has 1 aliphatic carbocycles. The number of carbonyl (C=O) groups excluding carboxylic acids is 1. The third kappa shape index (κ3) is 2.04. The van der Waals surface area contributed by atoms with Crippen molar-refractivity contribution in [2.75, 3.05) is 7.05 Å². The minimum absolute atomic E-state index is 0.159. The summed E-state index contributed by atoms with van der Waals surface area (Å²) in [7, 11) is 1.87. The van der Waals surface area contributed by atoms with E-state index in [1.165, 1.54) is 6.08 Å². The summed E-state index contributed by atoms with van der Waals surface area (Å²) in [4.78, 5) is 13.5. The zero-order valence-electron chi connectivity index (χ0n) is 9.82. The standard InChI is InChI=1S/C13H18FNO/c1-9-3-8-12(16)15(2)13(9)10-4-6-11(14)7-5-10/h4,6-7,9-10,13H,3,5,8H2,1-2H3/t9-,10-,13?/m0/s1. The van der Waals surface area contributed by atoms with Crippen LogP contribution in [0.15, 0.2) is 24.1 Å². The van der Waals surface area contributed by atoms with Gasteiger partial charge < -0.3 is 4.90 Å². The van der Waals surface area contributed by atoms with E-state index in [4.69, 9.17) is 0 Å². The van der Waals surface area contributed by atoms with E-state index in [0.717, 1.165) is 6.42 Å². The molecule has 0 aromatic carbocycles. The lowest BCUT2D eigenvalue weighted by molar-refractivity contribution is -0.137. The van der Waals surface area contributed by atoms with Gasteiger partial charge in [-0.15, -0.1) is 0 Å². The molecule has 3 heteroatoms. The first-order valence-electron chi connectivity index (χ1n) is 5.89. The molecule has 3 atom stereocenters. The van der Waals surface area contributed by atoms with Gasteiger partial charge in [0.1, 0.15) is 5.83 Å². The largest absolute Gasteiger partial charge is 0.342 e. The van der Waals surface area contributed by atoms with Crippen molar-refractivity contribution in [1.82, 2.24) is 4.90 Å². The summed E-state index contributed by atoms with van der Waals surface area (Å²) in [5.41, 5.74) is 0. The Morgan fingerprint density at radius 3 is 2.88 bits per heavy atom. The van der Waals surface area contributed by atoms with Crippen LogP contribution in [0, 0.1) is 11.8 Å². The molecule has 0 bridgehead atoms. The number of halogens is 1. The van der Waals surface area contributed by atoms with Crippen LogP contribution in [-0.2, 0) is 4.79 Å². The summed E-state index contributed by atoms with van der Waals surface area (Å²) in [6, 6.07) is 0.224. The van der Waals surface area contributed by atoms with Gasteiger partial charge >= 0.3 is 0 Å². The smallest absolute Gasteiger partial charge is 0.222 e. The number of hydrogen-bond donors (Lipinski definition) is 0. The van der Waals surface area contributed by atoms with E-state index in [9.17, 15) is 9.18 Å². The molecule has 1 unspecified atom stereocenters. The summed E-state index contributed by atoms with van der Waals surface area (Å²) in [5.74, 6) is 0.816. The summed E-state index contributed by atoms with van der Waals surface area (Å²) in [6.07, 6.45) is 7.35. The van der Waals surface area contributed by atoms with Gasteiger partial charge in [-0.05, 0) is 30.9 Å². The summed E-state index contributed by atoms with van der Waals surface area (Å²) in [5, 5.41) is 0. The van der Waals surface area contributed by atoms with E-state index in [2.05, 4.69) is 6.92 Å². The van der Waals surface area contributed by atoms with Crippen molar-refractivity contribution in [2.24, 2.45) is 11.8 Å². The van der Waals surface area contributed by atoms with E-state index in [0.29, 0.717) is 18.8 Å². The van der Waals surface area contributed by atoms with Crippen LogP contribution >= 0.6 is 0 Å². The van der Waals surface area contributed by atoms with Gasteiger partial charge in [-0.2, -0.15) is 0 Å². The van der Waals surface area contributed by atoms with Crippen LogP contribution < -0.4 is 0 Å². The highest BCUT2D eigenvalue weighted by Gasteiger charge is 2.35. The van der Waals surface area contributed by atoms with Crippen molar-refractivity contribution < 1.29 is 9.18 Å². The van der Waals surface area contributed by atoms with Crippen molar-refractivity contribution in [1.29, 1.82) is 0 Å². The van der Waals surface area contributed by atoms with E-state index in [1.807, 2.05) is 18.0 Å². The lowest BCUT2D eigenvalue weighted by Gasteiger charge is -2.41. The van der Waals surface area contributed by atoms with E-state index < -0.39 is 0 Å². The number of amides is 1. The Labute approximate surface area is 95.8 Å². The van der Waals surface area contributed by atoms with E-state index >= 15 is 0 Å². The summed E-state index contributed by atoms with van der Waals surface area (Å²) in [6.45, 7) is 2.18. The maximum atomic E-state index is 12.9. The highest BCUT2D eigenvalue weighted by atomic mass is 19.1. The quantitative estimate of drug-likeness (QED) is 0.669. The van der Waals surface area contributed by atoms with Crippen molar-refractivity contribution in [3.63, 3.8) is 0 Å². The molecule has 1 saturated heterocycles. The average Bonchev–Trinajstić information content (AvgIpc) is 2.27. The number of allylic oxidation sites excluding steroid dienone is 3. The van der Waals surface area contributed by atoms with Crippen LogP contribution in [0.25, 0.3) is 0 Å². The van der Waals surface area contributed by atoms with Gasteiger partial charge in [-0.3, -0.25) is 4.79 Å². The molecule has 88 valence electrons. The van der Waals surface area contributed by atoms with E-state index in [1.54, 1.807) is 6.08 Å². The first kappa shape index (κ1) is 11.4. The van der Waals surface area contributed by atoms with Crippen LogP contribution in [-0.4, -0.2) is 23.9 Å². The fourth-order valence-corrected chi connectivity index (χ4v) is 2.82. The lowest BCUT2D eigenvalue weighted by Crippen LogP contribution is -2.49. The number of rotatable bonds is 1. The molecule has 0 aromatic heterocycles. The number of likely N-dealkylation sites (tertiary alicyclic amines) is 1. The second kappa shape index (κ2) is 4.40. The molecule has 2 rings (SSSR count). The number of carbonyl (C=O) groups is 1. The van der Waals surface area contributed by atoms with Gasteiger partial charge in [0.25, 0.3) is 0 Å². The summed E-state index contributed by atoms with van der Waals surface area (Å²) < 4.78 is 12.9. The van der Waals surface area contributed by atoms with Gasteiger partial charge in [-0.25, -0.2) is 4.39 Å². The maximum Gasteiger partial charge on any atom is 0.222 e. The van der Waals surface area contributed by atoms with Crippen molar-refractivity contribution >= 4 is 5.91 Å². The van der Waals surface area contributed by atoms with Crippen LogP contribution in [0.4, 0.5) is 4.39 Å². The second-order valence-corrected chi connectivity index (χ2v) is 4.86. The normalized spacial score (nSPS) is 35.2. The van der Waals surface area contributed by atoms with Crippen molar-refractivity contribution in [2.45, 2.75) is 32.2 Å². The SMILES string of the molecule is C[C@H]1CCC(=O)N(C)C1[C@H]1C=CC(F)=CC1. The Morgan fingerprint density at radius 1 is 1.50 bits per heavy atom. The fourth-order valence-electron chi connectivity index (χ4n) is 2.82. The minimum atomic E-state index is -0.159. The molecule has 0 spiro atoms. The number of hydrogen-bond acceptors (Lipinski definition) is 1. The Kier molecular flexibility index (Phi) is 3.13. The van der Waals surface area contributed by atoms with Crippen LogP contribution in [0.5, 0.6) is 0 Å². The fraction of sp³-hybridized carbons (Fsp3) is 0.615. The Balaban J connectivity index is 2.13. The average molecular weight is 223 g/mol. The van der Waals surface area contributed by atoms with Crippen LogP contribution in [0.1, 0.15) is 26.2 Å². The molecule has 1 fully saturated rings. The third-order valence-corrected chi connectivity index (χ3v) is 3.76. The van der Waals surface area contributed by atoms with Gasteiger partial charge in [0.2, 0.25) is 5.91 Å². The molecule has 1 amide bonds. The van der Waals surface area contributed by atoms with Gasteiger partial charge in [0.15, 0.2) is 0 Å². The Hall–Kier alpha value is -1.12. The predicted octanol–water partition coefficient (Wildman–Crippen LogP) is 2.67. The minimum Gasteiger partial charge on any atom is -0.342 e. The molecule has 2 aliphatic rings. The van der Waals surface area contributed by atoms with Gasteiger partial charge in [0, 0.05) is 25.4 Å². The highest BCUT2D eigenvalue weighted by molar-refractivity contribution is 5.77. The number of nitrogens with zero attached hydrogens (tertiary/aromatic N) is 1. The highest BCUT2D eigenvalue weighted by Crippen LogP contribution is 2.32. The Bertz CT molecular complexity index is 348. The molecule has 1 heterocycles. The predicted molar refractivity (Wildman–Crippen MR) is 61.4 cm³/mol. The third-order valence-electron chi connectivity index (χ3n) is 3.76. The van der Waals surface area contributed by atoms with Crippen LogP contribution in [0.2, 0.25) is 0 Å². The Morgan fingerprint density at radius 2 is 2.25 bits per heavy atom. The second-order valence-electron chi connectivity index (χ2n) is 4.86. The monoisotopic (exact) mass is 223 g/mol. The molecular weight excluding hydrogens is 205 g/mol. The number of piperidine rings is 1. The molecule has 1 aliphatic heterocycles. The summed E-state index contributed by atoms with van der Waals surface area (Å²) >= 11 is 0. The molecule has 0 radical (unpaired) electrons. The first-order valence-corrected chi connectivity index (χ1v) is 5.89. The molecule has 0 N–H and O–H groups in total. The topological polar surface area (TPSA) is 20.3 Å². The molecule has 16 heavy (non-hydrogen) atoms. The zero-order valence-corrected chi connectivity index (χ0v) is 9.82. The molecule has 0 aromatic rings. The zero-order chi connectivity index (χ0) is 11.7. The lowest BCUT2D eigenvalue weighted by atomic mass is 9.79.